The molecule has 1 aromatic rings. The monoisotopic (exact) mass is 247 g/mol. The molecule has 1 saturated carbocycles. The molecule has 1 atom stereocenters. The van der Waals surface area contributed by atoms with Gasteiger partial charge in [0.15, 0.2) is 6.23 Å². The van der Waals surface area contributed by atoms with Gasteiger partial charge in [-0.05, 0) is 36.5 Å². The molecule has 98 valence electrons. The highest BCUT2D eigenvalue weighted by molar-refractivity contribution is 5.31. The van der Waals surface area contributed by atoms with E-state index in [0.29, 0.717) is 0 Å². The van der Waals surface area contributed by atoms with E-state index in [-0.39, 0.29) is 6.23 Å². The van der Waals surface area contributed by atoms with Gasteiger partial charge < -0.3 is 4.74 Å². The lowest BCUT2D eigenvalue weighted by Gasteiger charge is -2.22. The van der Waals surface area contributed by atoms with Crippen LogP contribution in [0.15, 0.2) is 24.3 Å². The Bertz CT molecular complexity index is 384. The highest BCUT2D eigenvalue weighted by Gasteiger charge is 2.18. The Labute approximate surface area is 108 Å². The van der Waals surface area contributed by atoms with Crippen LogP contribution in [0, 0.1) is 0 Å². The Kier molecular flexibility index (Phi) is 3.78. The maximum Gasteiger partial charge on any atom is 0.177 e. The molecule has 3 N–H and O–H groups in total. The van der Waals surface area contributed by atoms with Gasteiger partial charge in [0.2, 0.25) is 0 Å². The topological polar surface area (TPSA) is 45.3 Å². The van der Waals surface area contributed by atoms with Crippen molar-refractivity contribution in [3.05, 3.63) is 29.8 Å². The van der Waals surface area contributed by atoms with Crippen molar-refractivity contribution in [3.8, 4) is 5.75 Å². The third-order valence-electron chi connectivity index (χ3n) is 3.82. The zero-order valence-electron chi connectivity index (χ0n) is 10.6. The van der Waals surface area contributed by atoms with Crippen molar-refractivity contribution in [2.45, 2.75) is 44.2 Å². The number of ether oxygens (including phenoxy) is 1. The average Bonchev–Trinajstić information content (AvgIpc) is 2.93. The Morgan fingerprint density at radius 1 is 1.11 bits per heavy atom. The molecular formula is C14H21N3O. The first kappa shape index (κ1) is 12.0. The molecule has 2 aliphatic rings. The quantitative estimate of drug-likeness (QED) is 0.765. The van der Waals surface area contributed by atoms with Gasteiger partial charge in [0.05, 0.1) is 6.54 Å². The SMILES string of the molecule is c1cc(OC2CNNN2)cc(C2CCCCC2)c1. The highest BCUT2D eigenvalue weighted by atomic mass is 16.5. The van der Waals surface area contributed by atoms with Crippen molar-refractivity contribution < 1.29 is 4.74 Å². The van der Waals surface area contributed by atoms with Crippen LogP contribution in [0.3, 0.4) is 0 Å². The number of hydrogen-bond donors (Lipinski definition) is 3. The second kappa shape index (κ2) is 5.69. The standard InChI is InChI=1S/C14H21N3O/c1-2-5-11(6-3-1)12-7-4-8-13(9-12)18-14-10-15-17-16-14/h4,7-9,11,14-17H,1-3,5-6,10H2. The Morgan fingerprint density at radius 2 is 2.00 bits per heavy atom. The van der Waals surface area contributed by atoms with E-state index in [0.717, 1.165) is 18.2 Å². The van der Waals surface area contributed by atoms with Crippen LogP contribution in [0.5, 0.6) is 5.75 Å². The molecule has 2 fully saturated rings. The Balaban J connectivity index is 1.67. The summed E-state index contributed by atoms with van der Waals surface area (Å²) in [6.07, 6.45) is 6.80. The van der Waals surface area contributed by atoms with Crippen molar-refractivity contribution in [3.63, 3.8) is 0 Å². The molecule has 18 heavy (non-hydrogen) atoms. The van der Waals surface area contributed by atoms with Crippen LogP contribution in [0.1, 0.15) is 43.6 Å². The van der Waals surface area contributed by atoms with Gasteiger partial charge in [-0.15, -0.1) is 0 Å². The molecule has 0 spiro atoms. The van der Waals surface area contributed by atoms with E-state index >= 15 is 0 Å². The van der Waals surface area contributed by atoms with Crippen molar-refractivity contribution in [2.24, 2.45) is 0 Å². The van der Waals surface area contributed by atoms with Crippen LogP contribution in [0.2, 0.25) is 0 Å². The van der Waals surface area contributed by atoms with Gasteiger partial charge in [-0.25, -0.2) is 10.9 Å². The maximum atomic E-state index is 5.87. The van der Waals surface area contributed by atoms with Gasteiger partial charge in [0.25, 0.3) is 0 Å². The molecule has 0 bridgehead atoms. The second-order valence-corrected chi connectivity index (χ2v) is 5.16. The van der Waals surface area contributed by atoms with Crippen LogP contribution in [0.25, 0.3) is 0 Å². The average molecular weight is 247 g/mol. The lowest BCUT2D eigenvalue weighted by molar-refractivity contribution is 0.191. The lowest BCUT2D eigenvalue weighted by atomic mass is 9.84. The molecule has 1 aliphatic heterocycles. The van der Waals surface area contributed by atoms with Crippen LogP contribution < -0.4 is 21.1 Å². The van der Waals surface area contributed by atoms with Gasteiger partial charge in [-0.2, -0.15) is 5.53 Å². The number of benzene rings is 1. The van der Waals surface area contributed by atoms with Crippen LogP contribution in [-0.4, -0.2) is 12.8 Å². The van der Waals surface area contributed by atoms with Gasteiger partial charge in [0, 0.05) is 0 Å². The minimum absolute atomic E-state index is 0.00612. The summed E-state index contributed by atoms with van der Waals surface area (Å²) in [5.74, 6) is 1.69. The molecule has 1 aliphatic carbocycles. The molecule has 1 unspecified atom stereocenters. The fourth-order valence-corrected chi connectivity index (χ4v) is 2.84. The summed E-state index contributed by atoms with van der Waals surface area (Å²) >= 11 is 0. The first-order valence-electron chi connectivity index (χ1n) is 6.92. The highest BCUT2D eigenvalue weighted by Crippen LogP contribution is 2.33. The zero-order chi connectivity index (χ0) is 12.2. The Hall–Kier alpha value is -1.10. The van der Waals surface area contributed by atoms with Crippen molar-refractivity contribution in [1.82, 2.24) is 16.4 Å². The lowest BCUT2D eigenvalue weighted by Crippen LogP contribution is -2.36. The van der Waals surface area contributed by atoms with Crippen LogP contribution in [0.4, 0.5) is 0 Å². The molecule has 3 rings (SSSR count). The van der Waals surface area contributed by atoms with Crippen molar-refractivity contribution in [2.75, 3.05) is 6.54 Å². The number of hydrazine groups is 2. The number of nitrogens with one attached hydrogen (secondary N) is 3. The molecule has 1 saturated heterocycles. The fourth-order valence-electron chi connectivity index (χ4n) is 2.84. The van der Waals surface area contributed by atoms with E-state index in [1.54, 1.807) is 0 Å². The number of rotatable bonds is 3. The van der Waals surface area contributed by atoms with E-state index in [2.05, 4.69) is 34.6 Å². The largest absolute Gasteiger partial charge is 0.473 e. The minimum Gasteiger partial charge on any atom is -0.473 e. The Morgan fingerprint density at radius 3 is 2.78 bits per heavy atom. The van der Waals surface area contributed by atoms with E-state index in [1.165, 1.54) is 37.7 Å². The number of hydrogen-bond acceptors (Lipinski definition) is 4. The van der Waals surface area contributed by atoms with Gasteiger partial charge >= 0.3 is 0 Å². The molecule has 1 heterocycles. The van der Waals surface area contributed by atoms with Crippen molar-refractivity contribution >= 4 is 0 Å². The summed E-state index contributed by atoms with van der Waals surface area (Å²) in [5.41, 5.74) is 10.3. The molecule has 0 aromatic heterocycles. The summed E-state index contributed by atoms with van der Waals surface area (Å²) in [4.78, 5) is 0. The summed E-state index contributed by atoms with van der Waals surface area (Å²) in [5, 5.41) is 0. The molecular weight excluding hydrogens is 226 g/mol. The summed E-state index contributed by atoms with van der Waals surface area (Å²) < 4.78 is 5.87. The third-order valence-corrected chi connectivity index (χ3v) is 3.82. The first-order chi connectivity index (χ1) is 8.92. The molecule has 0 amide bonds. The molecule has 4 heteroatoms. The third kappa shape index (κ3) is 2.83. The van der Waals surface area contributed by atoms with E-state index < -0.39 is 0 Å². The smallest absolute Gasteiger partial charge is 0.177 e. The predicted octanol–water partition coefficient (Wildman–Crippen LogP) is 2.05. The maximum absolute atomic E-state index is 5.87. The minimum atomic E-state index is 0.00612. The fraction of sp³-hybridized carbons (Fsp3) is 0.571. The molecule has 1 aromatic carbocycles. The van der Waals surface area contributed by atoms with Gasteiger partial charge in [0.1, 0.15) is 5.75 Å². The van der Waals surface area contributed by atoms with E-state index in [4.69, 9.17) is 4.74 Å². The van der Waals surface area contributed by atoms with Gasteiger partial charge in [-0.3, -0.25) is 0 Å². The van der Waals surface area contributed by atoms with Crippen LogP contribution in [-0.2, 0) is 0 Å². The summed E-state index contributed by atoms with van der Waals surface area (Å²) in [7, 11) is 0. The molecule has 0 radical (unpaired) electrons. The van der Waals surface area contributed by atoms with Crippen molar-refractivity contribution in [1.29, 1.82) is 0 Å². The zero-order valence-corrected chi connectivity index (χ0v) is 10.6. The second-order valence-electron chi connectivity index (χ2n) is 5.16. The van der Waals surface area contributed by atoms with Gasteiger partial charge in [-0.1, -0.05) is 31.4 Å². The first-order valence-corrected chi connectivity index (χ1v) is 6.92. The normalized spacial score (nSPS) is 25.2. The summed E-state index contributed by atoms with van der Waals surface area (Å²) in [6, 6.07) is 8.58. The van der Waals surface area contributed by atoms with E-state index in [1.807, 2.05) is 6.07 Å². The predicted molar refractivity (Wildman–Crippen MR) is 71.0 cm³/mol. The summed E-state index contributed by atoms with van der Waals surface area (Å²) in [6.45, 7) is 0.771. The van der Waals surface area contributed by atoms with E-state index in [9.17, 15) is 0 Å². The van der Waals surface area contributed by atoms with Crippen LogP contribution >= 0.6 is 0 Å². The molecule has 4 nitrogen and oxygen atoms in total.